The highest BCUT2D eigenvalue weighted by molar-refractivity contribution is 6.00. The summed E-state index contributed by atoms with van der Waals surface area (Å²) in [6, 6.07) is 11.7. The van der Waals surface area contributed by atoms with E-state index in [1.165, 1.54) is 17.5 Å². The highest BCUT2D eigenvalue weighted by atomic mass is 16.5. The number of hydrogen-bond donors (Lipinski definition) is 1. The van der Waals surface area contributed by atoms with E-state index >= 15 is 0 Å². The van der Waals surface area contributed by atoms with Crippen LogP contribution in [0.4, 0.5) is 5.69 Å². The number of methoxy groups -OCH3 is 2. The zero-order valence-corrected chi connectivity index (χ0v) is 16.9. The molecule has 0 spiro atoms. The van der Waals surface area contributed by atoms with Crippen LogP contribution >= 0.6 is 0 Å². The first-order valence-electron chi connectivity index (χ1n) is 9.99. The predicted octanol–water partition coefficient (Wildman–Crippen LogP) is 2.86. The lowest BCUT2D eigenvalue weighted by atomic mass is 10.1. The van der Waals surface area contributed by atoms with Crippen molar-refractivity contribution in [2.45, 2.75) is 32.2 Å². The summed E-state index contributed by atoms with van der Waals surface area (Å²) in [6.45, 7) is 0.779. The third kappa shape index (κ3) is 4.06. The number of carbonyl (C=O) groups excluding carboxylic acids is 2. The number of rotatable bonds is 6. The van der Waals surface area contributed by atoms with E-state index in [4.69, 9.17) is 9.47 Å². The lowest BCUT2D eigenvalue weighted by molar-refractivity contribution is -0.126. The fourth-order valence-electron chi connectivity index (χ4n) is 4.16. The minimum absolute atomic E-state index is 0.00569. The lowest BCUT2D eigenvalue weighted by Crippen LogP contribution is -2.32. The van der Waals surface area contributed by atoms with E-state index in [0.29, 0.717) is 24.6 Å². The molecule has 2 amide bonds. The van der Waals surface area contributed by atoms with Crippen LogP contribution in [-0.4, -0.2) is 32.6 Å². The SMILES string of the molecule is COc1cc(CNC(=O)C2CC(=O)N(c3ccc4c(c3)CCC4)C2)cc(OC)c1. The van der Waals surface area contributed by atoms with Crippen LogP contribution in [0.3, 0.4) is 0 Å². The standard InChI is InChI=1S/C23H26N2O4/c1-28-20-8-15(9-21(12-20)29-2)13-24-23(27)18-11-22(26)25(14-18)19-7-6-16-4-3-5-17(16)10-19/h6-10,12,18H,3-5,11,13-14H2,1-2H3,(H,24,27). The number of ether oxygens (including phenoxy) is 2. The fraction of sp³-hybridized carbons (Fsp3) is 0.391. The molecule has 6 nitrogen and oxygen atoms in total. The second-order valence-corrected chi connectivity index (χ2v) is 7.65. The maximum absolute atomic E-state index is 12.7. The van der Waals surface area contributed by atoms with Gasteiger partial charge in [0.25, 0.3) is 0 Å². The van der Waals surface area contributed by atoms with E-state index in [-0.39, 0.29) is 24.2 Å². The van der Waals surface area contributed by atoms with Crippen LogP contribution in [0, 0.1) is 5.92 Å². The average Bonchev–Trinajstić information content (AvgIpc) is 3.37. The van der Waals surface area contributed by atoms with Gasteiger partial charge in [0.15, 0.2) is 0 Å². The molecule has 0 aromatic heterocycles. The summed E-state index contributed by atoms with van der Waals surface area (Å²) in [7, 11) is 3.18. The van der Waals surface area contributed by atoms with Gasteiger partial charge < -0.3 is 19.7 Å². The number of nitrogens with zero attached hydrogens (tertiary/aromatic N) is 1. The molecule has 2 aromatic rings. The van der Waals surface area contributed by atoms with Gasteiger partial charge in [-0.2, -0.15) is 0 Å². The Morgan fingerprint density at radius 3 is 2.52 bits per heavy atom. The normalized spacial score (nSPS) is 17.9. The van der Waals surface area contributed by atoms with Crippen LogP contribution in [0.2, 0.25) is 0 Å². The summed E-state index contributed by atoms with van der Waals surface area (Å²) >= 11 is 0. The summed E-state index contributed by atoms with van der Waals surface area (Å²) in [4.78, 5) is 27.0. The zero-order chi connectivity index (χ0) is 20.4. The Bertz CT molecular complexity index is 918. The Morgan fingerprint density at radius 2 is 1.79 bits per heavy atom. The smallest absolute Gasteiger partial charge is 0.227 e. The zero-order valence-electron chi connectivity index (χ0n) is 16.9. The number of nitrogens with one attached hydrogen (secondary N) is 1. The van der Waals surface area contributed by atoms with Crippen molar-refractivity contribution in [1.29, 1.82) is 0 Å². The van der Waals surface area contributed by atoms with Crippen LogP contribution in [0.5, 0.6) is 11.5 Å². The fourth-order valence-corrected chi connectivity index (χ4v) is 4.16. The quantitative estimate of drug-likeness (QED) is 0.818. The molecule has 1 unspecified atom stereocenters. The van der Waals surface area contributed by atoms with E-state index < -0.39 is 0 Å². The summed E-state index contributed by atoms with van der Waals surface area (Å²) in [6.07, 6.45) is 3.60. The first kappa shape index (κ1) is 19.3. The monoisotopic (exact) mass is 394 g/mol. The molecule has 0 saturated carbocycles. The van der Waals surface area contributed by atoms with Gasteiger partial charge in [-0.05, 0) is 60.2 Å². The number of carbonyl (C=O) groups is 2. The Balaban J connectivity index is 1.39. The predicted molar refractivity (Wildman–Crippen MR) is 110 cm³/mol. The molecule has 1 atom stereocenters. The molecule has 0 radical (unpaired) electrons. The molecule has 1 aliphatic heterocycles. The first-order chi connectivity index (χ1) is 14.1. The summed E-state index contributed by atoms with van der Waals surface area (Å²) in [5.74, 6) is 0.901. The number of aryl methyl sites for hydroxylation is 2. The van der Waals surface area contributed by atoms with Crippen LogP contribution in [0.1, 0.15) is 29.5 Å². The molecule has 2 aromatic carbocycles. The van der Waals surface area contributed by atoms with Crippen molar-refractivity contribution in [3.8, 4) is 11.5 Å². The molecule has 4 rings (SSSR count). The summed E-state index contributed by atoms with van der Waals surface area (Å²) in [5, 5.41) is 2.95. The van der Waals surface area contributed by atoms with E-state index in [2.05, 4.69) is 17.4 Å². The van der Waals surface area contributed by atoms with Gasteiger partial charge in [-0.3, -0.25) is 9.59 Å². The number of amides is 2. The molecule has 0 bridgehead atoms. The van der Waals surface area contributed by atoms with Gasteiger partial charge in [-0.1, -0.05) is 6.07 Å². The minimum atomic E-state index is -0.344. The van der Waals surface area contributed by atoms with E-state index in [1.807, 2.05) is 18.2 Å². The maximum Gasteiger partial charge on any atom is 0.227 e. The Hall–Kier alpha value is -3.02. The van der Waals surface area contributed by atoms with Gasteiger partial charge in [0.1, 0.15) is 11.5 Å². The van der Waals surface area contributed by atoms with Crippen molar-refractivity contribution in [2.75, 3.05) is 25.7 Å². The van der Waals surface area contributed by atoms with Crippen molar-refractivity contribution in [2.24, 2.45) is 5.92 Å². The largest absolute Gasteiger partial charge is 0.497 e. The van der Waals surface area contributed by atoms with Gasteiger partial charge in [0.2, 0.25) is 11.8 Å². The molecule has 152 valence electrons. The van der Waals surface area contributed by atoms with E-state index in [0.717, 1.165) is 24.1 Å². The summed E-state index contributed by atoms with van der Waals surface area (Å²) in [5.41, 5.74) is 4.50. The van der Waals surface area contributed by atoms with Crippen molar-refractivity contribution in [3.05, 3.63) is 53.1 Å². The van der Waals surface area contributed by atoms with Crippen molar-refractivity contribution >= 4 is 17.5 Å². The number of hydrogen-bond acceptors (Lipinski definition) is 4. The highest BCUT2D eigenvalue weighted by Gasteiger charge is 2.35. The molecule has 1 aliphatic carbocycles. The molecular formula is C23H26N2O4. The molecule has 1 N–H and O–H groups in total. The molecule has 6 heteroatoms. The van der Waals surface area contributed by atoms with Crippen molar-refractivity contribution in [3.63, 3.8) is 0 Å². The van der Waals surface area contributed by atoms with Crippen molar-refractivity contribution in [1.82, 2.24) is 5.32 Å². The van der Waals surface area contributed by atoms with Crippen LogP contribution < -0.4 is 19.7 Å². The number of benzene rings is 2. The Morgan fingerprint density at radius 1 is 1.07 bits per heavy atom. The van der Waals surface area contributed by atoms with Crippen LogP contribution in [-0.2, 0) is 29.0 Å². The average molecular weight is 394 g/mol. The van der Waals surface area contributed by atoms with Crippen LogP contribution in [0.15, 0.2) is 36.4 Å². The molecule has 1 saturated heterocycles. The number of anilines is 1. The van der Waals surface area contributed by atoms with Crippen LogP contribution in [0.25, 0.3) is 0 Å². The van der Waals surface area contributed by atoms with Gasteiger partial charge in [0, 0.05) is 31.3 Å². The Labute approximate surface area is 170 Å². The third-order valence-corrected chi connectivity index (χ3v) is 5.77. The van der Waals surface area contributed by atoms with E-state index in [1.54, 1.807) is 25.2 Å². The van der Waals surface area contributed by atoms with Gasteiger partial charge in [0.05, 0.1) is 20.1 Å². The minimum Gasteiger partial charge on any atom is -0.497 e. The van der Waals surface area contributed by atoms with Gasteiger partial charge in [-0.25, -0.2) is 0 Å². The molecule has 1 heterocycles. The van der Waals surface area contributed by atoms with Gasteiger partial charge in [-0.15, -0.1) is 0 Å². The van der Waals surface area contributed by atoms with Gasteiger partial charge >= 0.3 is 0 Å². The number of fused-ring (bicyclic) bond motifs is 1. The third-order valence-electron chi connectivity index (χ3n) is 5.77. The topological polar surface area (TPSA) is 67.9 Å². The first-order valence-corrected chi connectivity index (χ1v) is 9.99. The second kappa shape index (κ2) is 8.15. The maximum atomic E-state index is 12.7. The molecular weight excluding hydrogens is 368 g/mol. The second-order valence-electron chi connectivity index (χ2n) is 7.65. The lowest BCUT2D eigenvalue weighted by Gasteiger charge is -2.18. The van der Waals surface area contributed by atoms with Crippen molar-refractivity contribution < 1.29 is 19.1 Å². The highest BCUT2D eigenvalue weighted by Crippen LogP contribution is 2.30. The Kier molecular flexibility index (Phi) is 5.43. The molecule has 2 aliphatic rings. The van der Waals surface area contributed by atoms with E-state index in [9.17, 15) is 9.59 Å². The summed E-state index contributed by atoms with van der Waals surface area (Å²) < 4.78 is 10.5. The molecule has 1 fully saturated rings. The molecule has 29 heavy (non-hydrogen) atoms.